The summed E-state index contributed by atoms with van der Waals surface area (Å²) >= 11 is 0. The number of aliphatic carboxylic acids is 2. The molecule has 0 aliphatic heterocycles. The fourth-order valence-corrected chi connectivity index (χ4v) is 0.943. The summed E-state index contributed by atoms with van der Waals surface area (Å²) in [7, 11) is 0. The molecule has 2 unspecified atom stereocenters. The van der Waals surface area contributed by atoms with Crippen LogP contribution in [-0.4, -0.2) is 57.8 Å². The number of hydrogen-bond acceptors (Lipinski definition) is 5. The van der Waals surface area contributed by atoms with E-state index in [9.17, 15) is 19.2 Å². The Morgan fingerprint density at radius 2 is 1.61 bits per heavy atom. The molecule has 0 aliphatic rings. The van der Waals surface area contributed by atoms with E-state index in [-0.39, 0.29) is 6.42 Å². The number of nitrogens with one attached hydrogen (secondary N) is 2. The average molecular weight is 262 g/mol. The number of carboxylic acid groups (broad SMARTS) is 2. The van der Waals surface area contributed by atoms with Gasteiger partial charge in [0.25, 0.3) is 5.91 Å². The van der Waals surface area contributed by atoms with Crippen LogP contribution >= 0.6 is 0 Å². The number of amides is 2. The van der Waals surface area contributed by atoms with E-state index in [1.807, 2.05) is 5.32 Å². The third-order valence-corrected chi connectivity index (χ3v) is 1.93. The number of hydrogen-bond donors (Lipinski definition) is 5. The van der Waals surface area contributed by atoms with Crippen LogP contribution in [-0.2, 0) is 19.2 Å². The zero-order valence-electron chi connectivity index (χ0n) is 9.54. The fourth-order valence-electron chi connectivity index (χ4n) is 0.943. The van der Waals surface area contributed by atoms with E-state index in [2.05, 4.69) is 0 Å². The molecule has 0 aromatic heterocycles. The highest BCUT2D eigenvalue weighted by molar-refractivity contribution is 6.04. The highest BCUT2D eigenvalue weighted by atomic mass is 16.4. The van der Waals surface area contributed by atoms with Crippen LogP contribution in [0.15, 0.2) is 0 Å². The van der Waals surface area contributed by atoms with E-state index < -0.39 is 42.4 Å². The van der Waals surface area contributed by atoms with Crippen molar-refractivity contribution in [3.8, 4) is 0 Å². The van der Waals surface area contributed by atoms with E-state index >= 15 is 0 Å². The van der Waals surface area contributed by atoms with Crippen LogP contribution in [0.2, 0.25) is 0 Å². The Kier molecular flexibility index (Phi) is 6.35. The maximum absolute atomic E-state index is 11.4. The van der Waals surface area contributed by atoms with Crippen LogP contribution in [0.3, 0.4) is 0 Å². The maximum atomic E-state index is 11.4. The number of aliphatic hydroxyl groups excluding tert-OH is 1. The summed E-state index contributed by atoms with van der Waals surface area (Å²) < 4.78 is 0. The van der Waals surface area contributed by atoms with Gasteiger partial charge in [-0.25, -0.2) is 9.59 Å². The third-order valence-electron chi connectivity index (χ3n) is 1.93. The lowest BCUT2D eigenvalue weighted by molar-refractivity contribution is -0.149. The summed E-state index contributed by atoms with van der Waals surface area (Å²) in [6.45, 7) is 0.565. The summed E-state index contributed by atoms with van der Waals surface area (Å²) in [4.78, 5) is 43.7. The van der Waals surface area contributed by atoms with Crippen molar-refractivity contribution in [2.75, 3.05) is 6.61 Å². The molecule has 9 nitrogen and oxygen atoms in total. The van der Waals surface area contributed by atoms with E-state index in [0.29, 0.717) is 0 Å². The lowest BCUT2D eigenvalue weighted by Gasteiger charge is -2.17. The quantitative estimate of drug-likeness (QED) is 0.318. The molecule has 102 valence electrons. The molecule has 0 aromatic carbocycles. The van der Waals surface area contributed by atoms with Crippen LogP contribution in [0.1, 0.15) is 13.3 Å². The van der Waals surface area contributed by atoms with Gasteiger partial charge in [-0.1, -0.05) is 6.92 Å². The number of carbonyl (C=O) groups excluding carboxylic acids is 2. The minimum Gasteiger partial charge on any atom is -0.480 e. The van der Waals surface area contributed by atoms with E-state index in [4.69, 9.17) is 15.3 Å². The predicted molar refractivity (Wildman–Crippen MR) is 56.5 cm³/mol. The molecule has 0 saturated carbocycles. The van der Waals surface area contributed by atoms with Gasteiger partial charge in [0.1, 0.15) is 6.04 Å². The van der Waals surface area contributed by atoms with E-state index in [1.54, 1.807) is 5.32 Å². The van der Waals surface area contributed by atoms with Gasteiger partial charge in [-0.3, -0.25) is 9.59 Å². The van der Waals surface area contributed by atoms with Crippen molar-refractivity contribution in [1.82, 2.24) is 10.6 Å². The number of aliphatic hydroxyl groups is 1. The van der Waals surface area contributed by atoms with Gasteiger partial charge in [0.2, 0.25) is 11.9 Å². The Morgan fingerprint density at radius 1 is 1.06 bits per heavy atom. The predicted octanol–water partition coefficient (Wildman–Crippen LogP) is -2.47. The molecule has 0 fully saturated rings. The minimum atomic E-state index is -1.90. The second kappa shape index (κ2) is 7.22. The zero-order chi connectivity index (χ0) is 14.3. The molecule has 0 aliphatic carbocycles. The Labute approximate surface area is 102 Å². The molecule has 2 atom stereocenters. The first-order valence-corrected chi connectivity index (χ1v) is 4.99. The lowest BCUT2D eigenvalue weighted by atomic mass is 10.2. The van der Waals surface area contributed by atoms with Gasteiger partial charge in [0, 0.05) is 6.42 Å². The largest absolute Gasteiger partial charge is 0.480 e. The van der Waals surface area contributed by atoms with E-state index in [0.717, 1.165) is 0 Å². The summed E-state index contributed by atoms with van der Waals surface area (Å²) in [5.41, 5.74) is 0. The first-order chi connectivity index (χ1) is 8.33. The summed E-state index contributed by atoms with van der Waals surface area (Å²) in [5, 5.41) is 29.7. The highest BCUT2D eigenvalue weighted by Gasteiger charge is 2.30. The minimum absolute atomic E-state index is 0.0284. The van der Waals surface area contributed by atoms with Crippen molar-refractivity contribution in [2.24, 2.45) is 0 Å². The maximum Gasteiger partial charge on any atom is 0.336 e. The van der Waals surface area contributed by atoms with Gasteiger partial charge in [-0.05, 0) is 0 Å². The van der Waals surface area contributed by atoms with Crippen molar-refractivity contribution in [3.05, 3.63) is 0 Å². The molecule has 0 heterocycles. The molecule has 2 amide bonds. The van der Waals surface area contributed by atoms with Gasteiger partial charge in [-0.2, -0.15) is 0 Å². The summed E-state index contributed by atoms with van der Waals surface area (Å²) in [6, 6.07) is -3.52. The van der Waals surface area contributed by atoms with Crippen LogP contribution in [0.25, 0.3) is 0 Å². The number of carbonyl (C=O) groups is 4. The zero-order valence-corrected chi connectivity index (χ0v) is 9.54. The molecular weight excluding hydrogens is 248 g/mol. The van der Waals surface area contributed by atoms with E-state index in [1.165, 1.54) is 6.92 Å². The normalized spacial score (nSPS) is 13.2. The molecule has 0 saturated heterocycles. The van der Waals surface area contributed by atoms with Crippen LogP contribution in [0.5, 0.6) is 0 Å². The van der Waals surface area contributed by atoms with Crippen LogP contribution in [0, 0.1) is 0 Å². The molecule has 0 radical (unpaired) electrons. The SMILES string of the molecule is CCC(=O)NC(C(=O)O)C(=O)NC(CO)C(=O)O. The van der Waals surface area contributed by atoms with Gasteiger partial charge in [0.05, 0.1) is 6.61 Å². The molecule has 0 spiro atoms. The average Bonchev–Trinajstić information content (AvgIpc) is 2.31. The fraction of sp³-hybridized carbons (Fsp3) is 0.556. The second-order valence-electron chi connectivity index (χ2n) is 3.27. The third kappa shape index (κ3) is 4.78. The Bertz CT molecular complexity index is 355. The first kappa shape index (κ1) is 15.8. The Balaban J connectivity index is 4.72. The van der Waals surface area contributed by atoms with Crippen molar-refractivity contribution in [1.29, 1.82) is 0 Å². The van der Waals surface area contributed by atoms with Crippen molar-refractivity contribution < 1.29 is 34.5 Å². The summed E-state index contributed by atoms with van der Waals surface area (Å²) in [5.74, 6) is -5.03. The Hall–Kier alpha value is -2.16. The topological polar surface area (TPSA) is 153 Å². The number of carboxylic acids is 2. The smallest absolute Gasteiger partial charge is 0.336 e. The van der Waals surface area contributed by atoms with Gasteiger partial charge in [0.15, 0.2) is 0 Å². The molecule has 0 aromatic rings. The molecule has 0 rings (SSSR count). The Morgan fingerprint density at radius 3 is 1.94 bits per heavy atom. The molecule has 9 heteroatoms. The molecule has 5 N–H and O–H groups in total. The monoisotopic (exact) mass is 262 g/mol. The second-order valence-corrected chi connectivity index (χ2v) is 3.27. The highest BCUT2D eigenvalue weighted by Crippen LogP contribution is 1.91. The van der Waals surface area contributed by atoms with Crippen LogP contribution in [0.4, 0.5) is 0 Å². The van der Waals surface area contributed by atoms with Gasteiger partial charge < -0.3 is 26.0 Å². The van der Waals surface area contributed by atoms with Crippen LogP contribution < -0.4 is 10.6 Å². The standard InChI is InChI=1S/C9H14N2O7/c1-2-5(13)11-6(9(17)18)7(14)10-4(3-12)8(15)16/h4,6,12H,2-3H2,1H3,(H,10,14)(H,11,13)(H,15,16)(H,17,18). The van der Waals surface area contributed by atoms with Crippen molar-refractivity contribution in [3.63, 3.8) is 0 Å². The molecular formula is C9H14N2O7. The molecule has 18 heavy (non-hydrogen) atoms. The van der Waals surface area contributed by atoms with Crippen molar-refractivity contribution in [2.45, 2.75) is 25.4 Å². The molecule has 0 bridgehead atoms. The van der Waals surface area contributed by atoms with Gasteiger partial charge >= 0.3 is 11.9 Å². The summed E-state index contributed by atoms with van der Waals surface area (Å²) in [6.07, 6.45) is -0.0284. The van der Waals surface area contributed by atoms with Crippen molar-refractivity contribution >= 4 is 23.8 Å². The van der Waals surface area contributed by atoms with Gasteiger partial charge in [-0.15, -0.1) is 0 Å². The number of rotatable bonds is 7. The lowest BCUT2D eigenvalue weighted by Crippen LogP contribution is -2.55. The first-order valence-electron chi connectivity index (χ1n) is 4.99.